The number of hydrogen-bond donors (Lipinski definition) is 1. The molecule has 0 bridgehead atoms. The molecule has 184 valence electrons. The third kappa shape index (κ3) is 5.31. The summed E-state index contributed by atoms with van der Waals surface area (Å²) in [6.45, 7) is 4.13. The maximum absolute atomic E-state index is 13.5. The van der Waals surface area contributed by atoms with Crippen LogP contribution in [0.5, 0.6) is 0 Å². The number of likely N-dealkylation sites (tertiary alicyclic amines) is 1. The van der Waals surface area contributed by atoms with Crippen molar-refractivity contribution in [3.63, 3.8) is 0 Å². The van der Waals surface area contributed by atoms with Gasteiger partial charge in [0.1, 0.15) is 0 Å². The SMILES string of the molecule is N#Cc1cccc([C@@]23CC[C@@H](N(CCCN4CCCC4)C(=O)Nc4ccc(Cl)c(Cl)c4)CC2C3)c1. The van der Waals surface area contributed by atoms with Gasteiger partial charge < -0.3 is 15.1 Å². The molecule has 0 aromatic heterocycles. The summed E-state index contributed by atoms with van der Waals surface area (Å²) >= 11 is 12.2. The van der Waals surface area contributed by atoms with E-state index in [0.29, 0.717) is 21.7 Å². The van der Waals surface area contributed by atoms with Crippen molar-refractivity contribution in [2.24, 2.45) is 5.92 Å². The molecule has 2 amide bonds. The second-order valence-electron chi connectivity index (χ2n) is 10.3. The number of nitriles is 1. The lowest BCUT2D eigenvalue weighted by Crippen LogP contribution is -2.46. The monoisotopic (exact) mass is 510 g/mol. The number of carbonyl (C=O) groups excluding carboxylic acids is 1. The molecular weight excluding hydrogens is 479 g/mol. The predicted octanol–water partition coefficient (Wildman–Crippen LogP) is 6.70. The number of anilines is 1. The Balaban J connectivity index is 1.27. The summed E-state index contributed by atoms with van der Waals surface area (Å²) in [6, 6.07) is 15.8. The first-order valence-corrected chi connectivity index (χ1v) is 13.5. The normalized spacial score (nSPS) is 25.5. The van der Waals surface area contributed by atoms with Crippen molar-refractivity contribution >= 4 is 34.9 Å². The number of halogens is 2. The molecule has 3 fully saturated rings. The van der Waals surface area contributed by atoms with Crippen LogP contribution < -0.4 is 5.32 Å². The standard InChI is InChI=1S/C28H32Cl2N4O/c29-25-8-7-23(17-26(25)30)32-27(35)34(14-4-13-33-11-1-2-12-33)24-9-10-28(18-22(28)16-24)21-6-3-5-20(15-21)19-31/h3,5-8,15,17,22,24H,1-2,4,9-14,16,18H2,(H,32,35)/t22?,24-,28+/m1/s1. The fourth-order valence-corrected chi connectivity index (χ4v) is 6.53. The maximum atomic E-state index is 13.5. The molecule has 1 unspecified atom stereocenters. The van der Waals surface area contributed by atoms with Crippen LogP contribution in [-0.4, -0.2) is 48.1 Å². The third-order valence-electron chi connectivity index (χ3n) is 8.22. The molecule has 3 atom stereocenters. The van der Waals surface area contributed by atoms with E-state index in [1.54, 1.807) is 18.2 Å². The molecule has 3 aliphatic rings. The zero-order chi connectivity index (χ0) is 24.4. The van der Waals surface area contributed by atoms with Crippen molar-refractivity contribution in [3.8, 4) is 6.07 Å². The number of amides is 2. The van der Waals surface area contributed by atoms with Crippen molar-refractivity contribution in [2.75, 3.05) is 31.5 Å². The van der Waals surface area contributed by atoms with Crippen molar-refractivity contribution in [1.82, 2.24) is 9.80 Å². The van der Waals surface area contributed by atoms with E-state index >= 15 is 0 Å². The Bertz CT molecular complexity index is 1130. The molecule has 35 heavy (non-hydrogen) atoms. The Morgan fingerprint density at radius 3 is 2.74 bits per heavy atom. The second-order valence-corrected chi connectivity index (χ2v) is 11.1. The van der Waals surface area contributed by atoms with E-state index in [1.165, 1.54) is 31.5 Å². The molecule has 1 aliphatic heterocycles. The molecule has 2 saturated carbocycles. The van der Waals surface area contributed by atoms with Crippen LogP contribution in [0.4, 0.5) is 10.5 Å². The number of fused-ring (bicyclic) bond motifs is 1. The molecule has 5 nitrogen and oxygen atoms in total. The molecule has 1 heterocycles. The lowest BCUT2D eigenvalue weighted by molar-refractivity contribution is 0.156. The predicted molar refractivity (Wildman–Crippen MR) is 141 cm³/mol. The summed E-state index contributed by atoms with van der Waals surface area (Å²) in [5.74, 6) is 0.564. The van der Waals surface area contributed by atoms with Gasteiger partial charge in [0.15, 0.2) is 0 Å². The number of hydrogen-bond acceptors (Lipinski definition) is 3. The zero-order valence-electron chi connectivity index (χ0n) is 20.0. The van der Waals surface area contributed by atoms with Gasteiger partial charge >= 0.3 is 6.03 Å². The van der Waals surface area contributed by atoms with E-state index in [1.807, 2.05) is 12.1 Å². The third-order valence-corrected chi connectivity index (χ3v) is 8.96. The molecule has 0 radical (unpaired) electrons. The fourth-order valence-electron chi connectivity index (χ4n) is 6.24. The number of rotatable bonds is 7. The van der Waals surface area contributed by atoms with E-state index < -0.39 is 0 Å². The van der Waals surface area contributed by atoms with Crippen LogP contribution in [0, 0.1) is 17.2 Å². The Kier molecular flexibility index (Phi) is 7.25. The summed E-state index contributed by atoms with van der Waals surface area (Å²) in [5, 5.41) is 13.3. The van der Waals surface area contributed by atoms with Crippen molar-refractivity contribution in [3.05, 3.63) is 63.6 Å². The van der Waals surface area contributed by atoms with Crippen LogP contribution in [0.15, 0.2) is 42.5 Å². The Morgan fingerprint density at radius 2 is 2.00 bits per heavy atom. The first-order chi connectivity index (χ1) is 17.0. The highest BCUT2D eigenvalue weighted by molar-refractivity contribution is 6.42. The Morgan fingerprint density at radius 1 is 1.17 bits per heavy atom. The summed E-state index contributed by atoms with van der Waals surface area (Å²) in [6.07, 6.45) is 7.72. The first kappa shape index (κ1) is 24.4. The summed E-state index contributed by atoms with van der Waals surface area (Å²) in [7, 11) is 0. The van der Waals surface area contributed by atoms with Crippen molar-refractivity contribution < 1.29 is 4.79 Å². The van der Waals surface area contributed by atoms with Crippen LogP contribution in [0.25, 0.3) is 0 Å². The fraction of sp³-hybridized carbons (Fsp3) is 0.500. The molecular formula is C28H32Cl2N4O. The number of nitrogens with zero attached hydrogens (tertiary/aromatic N) is 3. The van der Waals surface area contributed by atoms with Gasteiger partial charge in [0.2, 0.25) is 0 Å². The lowest BCUT2D eigenvalue weighted by atomic mass is 9.80. The molecule has 1 saturated heterocycles. The highest BCUT2D eigenvalue weighted by Crippen LogP contribution is 2.62. The van der Waals surface area contributed by atoms with E-state index in [9.17, 15) is 10.1 Å². The average Bonchev–Trinajstić information content (AvgIpc) is 3.38. The summed E-state index contributed by atoms with van der Waals surface area (Å²) in [5.41, 5.74) is 2.87. The minimum absolute atomic E-state index is 0.0607. The smallest absolute Gasteiger partial charge is 0.321 e. The van der Waals surface area contributed by atoms with Crippen LogP contribution in [0.2, 0.25) is 10.0 Å². The summed E-state index contributed by atoms with van der Waals surface area (Å²) in [4.78, 5) is 18.0. The average molecular weight is 511 g/mol. The molecule has 5 rings (SSSR count). The molecule has 2 aromatic carbocycles. The van der Waals surface area contributed by atoms with Crippen LogP contribution in [0.1, 0.15) is 56.1 Å². The zero-order valence-corrected chi connectivity index (χ0v) is 21.5. The van der Waals surface area contributed by atoms with Gasteiger partial charge in [0.05, 0.1) is 21.7 Å². The number of nitrogens with one attached hydrogen (secondary N) is 1. The molecule has 1 N–H and O–H groups in total. The lowest BCUT2D eigenvalue weighted by Gasteiger charge is -2.37. The van der Waals surface area contributed by atoms with Gasteiger partial charge in [-0.15, -0.1) is 0 Å². The van der Waals surface area contributed by atoms with Gasteiger partial charge in [0, 0.05) is 18.3 Å². The maximum Gasteiger partial charge on any atom is 0.322 e. The van der Waals surface area contributed by atoms with E-state index in [2.05, 4.69) is 33.3 Å². The Labute approximate surface area is 218 Å². The minimum Gasteiger partial charge on any atom is -0.321 e. The van der Waals surface area contributed by atoms with Gasteiger partial charge in [-0.05, 0) is 112 Å². The summed E-state index contributed by atoms with van der Waals surface area (Å²) < 4.78 is 0. The minimum atomic E-state index is -0.0607. The van der Waals surface area contributed by atoms with Gasteiger partial charge in [-0.2, -0.15) is 5.26 Å². The quantitative estimate of drug-likeness (QED) is 0.450. The van der Waals surface area contributed by atoms with E-state index in [-0.39, 0.29) is 17.5 Å². The van der Waals surface area contributed by atoms with Crippen LogP contribution in [0.3, 0.4) is 0 Å². The van der Waals surface area contributed by atoms with Crippen molar-refractivity contribution in [1.29, 1.82) is 5.26 Å². The molecule has 0 spiro atoms. The van der Waals surface area contributed by atoms with Gasteiger partial charge in [-0.1, -0.05) is 35.3 Å². The first-order valence-electron chi connectivity index (χ1n) is 12.7. The van der Waals surface area contributed by atoms with E-state index in [0.717, 1.165) is 50.8 Å². The van der Waals surface area contributed by atoms with Crippen LogP contribution in [-0.2, 0) is 5.41 Å². The molecule has 2 aromatic rings. The van der Waals surface area contributed by atoms with Gasteiger partial charge in [0.25, 0.3) is 0 Å². The molecule has 2 aliphatic carbocycles. The molecule has 7 heteroatoms. The largest absolute Gasteiger partial charge is 0.322 e. The highest BCUT2D eigenvalue weighted by Gasteiger charge is 2.58. The van der Waals surface area contributed by atoms with Crippen molar-refractivity contribution in [2.45, 2.75) is 56.4 Å². The number of benzene rings is 2. The number of urea groups is 1. The highest BCUT2D eigenvalue weighted by atomic mass is 35.5. The van der Waals surface area contributed by atoms with E-state index in [4.69, 9.17) is 23.2 Å². The van der Waals surface area contributed by atoms with Gasteiger partial charge in [-0.25, -0.2) is 4.79 Å². The van der Waals surface area contributed by atoms with Crippen LogP contribution >= 0.6 is 23.2 Å². The van der Waals surface area contributed by atoms with Gasteiger partial charge in [-0.3, -0.25) is 0 Å². The Hall–Kier alpha value is -2.26. The number of carbonyl (C=O) groups is 1. The second kappa shape index (κ2) is 10.4. The topological polar surface area (TPSA) is 59.4 Å².